The summed E-state index contributed by atoms with van der Waals surface area (Å²) in [5, 5.41) is 16.8. The number of benzene rings is 2. The van der Waals surface area contributed by atoms with E-state index < -0.39 is 28.7 Å². The molecule has 0 saturated carbocycles. The van der Waals surface area contributed by atoms with E-state index in [1.165, 1.54) is 0 Å². The highest BCUT2D eigenvalue weighted by Crippen LogP contribution is 2.68. The van der Waals surface area contributed by atoms with Crippen LogP contribution in [0.25, 0.3) is 0 Å². The molecule has 8 atom stereocenters. The van der Waals surface area contributed by atoms with E-state index in [0.717, 1.165) is 30.6 Å². The Balaban J connectivity index is 1.49. The lowest BCUT2D eigenvalue weighted by molar-refractivity contribution is -0.142. The summed E-state index contributed by atoms with van der Waals surface area (Å²) in [6.45, 7) is 8.37. The highest BCUT2D eigenvalue weighted by Gasteiger charge is 2.76. The van der Waals surface area contributed by atoms with E-state index in [1.807, 2.05) is 56.3 Å². The highest BCUT2D eigenvalue weighted by atomic mass is 32.2. The van der Waals surface area contributed by atoms with E-state index in [-0.39, 0.29) is 41.5 Å². The normalized spacial score (nSPS) is 29.2. The Hall–Kier alpha value is -3.04. The average Bonchev–Trinajstić information content (AvgIpc) is 3.57. The van der Waals surface area contributed by atoms with Crippen LogP contribution in [0, 0.1) is 17.8 Å². The number of hydrogen-bond acceptors (Lipinski definition) is 6. The summed E-state index contributed by atoms with van der Waals surface area (Å²) in [6, 6.07) is 15.6. The van der Waals surface area contributed by atoms with Crippen LogP contribution in [-0.2, 0) is 20.8 Å². The molecule has 5 rings (SSSR count). The summed E-state index contributed by atoms with van der Waals surface area (Å²) in [4.78, 5) is 44.3. The van der Waals surface area contributed by atoms with Gasteiger partial charge in [0.15, 0.2) is 0 Å². The van der Waals surface area contributed by atoms with Crippen molar-refractivity contribution in [3.8, 4) is 5.75 Å². The van der Waals surface area contributed by atoms with Crippen molar-refractivity contribution in [2.75, 3.05) is 18.5 Å². The number of ether oxygens (including phenoxy) is 1. The molecule has 226 valence electrons. The number of nitrogens with one attached hydrogen (secondary N) is 2. The first-order valence-corrected chi connectivity index (χ1v) is 16.1. The molecule has 9 heteroatoms. The first-order valence-electron chi connectivity index (χ1n) is 15.2. The van der Waals surface area contributed by atoms with Crippen molar-refractivity contribution in [3.05, 3.63) is 60.2 Å². The lowest BCUT2D eigenvalue weighted by Gasteiger charge is -2.40. The minimum absolute atomic E-state index is 0.0470. The van der Waals surface area contributed by atoms with Gasteiger partial charge in [-0.1, -0.05) is 50.6 Å². The third-order valence-electron chi connectivity index (χ3n) is 9.20. The molecular weight excluding hydrogens is 550 g/mol. The highest BCUT2D eigenvalue weighted by molar-refractivity contribution is 8.02. The maximum Gasteiger partial charge on any atom is 0.244 e. The number of carbonyl (C=O) groups is 3. The molecule has 0 radical (unpaired) electrons. The lowest BCUT2D eigenvalue weighted by Crippen LogP contribution is -2.59. The molecule has 2 bridgehead atoms. The summed E-state index contributed by atoms with van der Waals surface area (Å²) >= 11 is 1.65. The first-order chi connectivity index (χ1) is 20.2. The molecule has 3 N–H and O–H groups in total. The molecule has 4 unspecified atom stereocenters. The SMILES string of the molecule is CCCC(C)NC(=O)C1N([C@@H](CO)Cc2ccccc2)C(=O)[C@@H]2[C@@H](C(=O)Nc3ccc(OCC)cc3)[C@H]3CC(C)C12S3. The fourth-order valence-corrected chi connectivity index (χ4v) is 9.85. The van der Waals surface area contributed by atoms with E-state index in [9.17, 15) is 19.5 Å². The Bertz CT molecular complexity index is 1270. The predicted molar refractivity (Wildman–Crippen MR) is 165 cm³/mol. The van der Waals surface area contributed by atoms with E-state index in [0.29, 0.717) is 18.7 Å². The number of anilines is 1. The van der Waals surface area contributed by atoms with Gasteiger partial charge in [-0.3, -0.25) is 14.4 Å². The largest absolute Gasteiger partial charge is 0.494 e. The Morgan fingerprint density at radius 3 is 2.48 bits per heavy atom. The topological polar surface area (TPSA) is 108 Å². The van der Waals surface area contributed by atoms with E-state index in [1.54, 1.807) is 28.8 Å². The second-order valence-corrected chi connectivity index (χ2v) is 13.5. The van der Waals surface area contributed by atoms with Gasteiger partial charge in [0.05, 0.1) is 35.8 Å². The second-order valence-electron chi connectivity index (χ2n) is 12.0. The van der Waals surface area contributed by atoms with Crippen LogP contribution >= 0.6 is 11.8 Å². The van der Waals surface area contributed by atoms with E-state index >= 15 is 0 Å². The van der Waals surface area contributed by atoms with E-state index in [2.05, 4.69) is 24.5 Å². The third kappa shape index (κ3) is 5.41. The van der Waals surface area contributed by atoms with Crippen molar-refractivity contribution in [2.24, 2.45) is 17.8 Å². The van der Waals surface area contributed by atoms with Crippen LogP contribution < -0.4 is 15.4 Å². The van der Waals surface area contributed by atoms with Crippen LogP contribution in [0.3, 0.4) is 0 Å². The van der Waals surface area contributed by atoms with Crippen molar-refractivity contribution < 1.29 is 24.2 Å². The molecule has 2 aromatic carbocycles. The Kier molecular flexibility index (Phi) is 9.18. The fraction of sp³-hybridized carbons (Fsp3) is 0.545. The first kappa shape index (κ1) is 30.4. The zero-order valence-electron chi connectivity index (χ0n) is 24.9. The molecule has 0 aliphatic carbocycles. The van der Waals surface area contributed by atoms with Gasteiger partial charge in [-0.05, 0) is 68.9 Å². The number of rotatable bonds is 12. The fourth-order valence-electron chi connectivity index (χ4n) is 7.44. The molecule has 3 aliphatic rings. The number of hydrogen-bond donors (Lipinski definition) is 3. The summed E-state index contributed by atoms with van der Waals surface area (Å²) in [5.41, 5.74) is 1.62. The van der Waals surface area contributed by atoms with Crippen LogP contribution in [0.4, 0.5) is 5.69 Å². The molecule has 0 aromatic heterocycles. The standard InChI is InChI=1S/C33H43N3O5S/c1-5-10-21(4)34-31(39)29-33-20(3)17-26(42-33)27(30(38)35-23-13-15-25(16-14-23)41-6-2)28(33)32(40)36(29)24(19-37)18-22-11-8-7-9-12-22/h7-9,11-16,20-21,24,26-29,37H,5-6,10,17-19H2,1-4H3,(H,34,39)(H,35,38)/t20?,21?,24-,26-,27+,28+,29?,33?/m1/s1. The van der Waals surface area contributed by atoms with Gasteiger partial charge in [-0.25, -0.2) is 0 Å². The number of fused-ring (bicyclic) bond motifs is 1. The number of nitrogens with zero attached hydrogens (tertiary/aromatic N) is 1. The maximum absolute atomic E-state index is 14.5. The molecule has 3 fully saturated rings. The second kappa shape index (κ2) is 12.7. The number of amides is 3. The van der Waals surface area contributed by atoms with Gasteiger partial charge in [-0.15, -0.1) is 11.8 Å². The number of aliphatic hydroxyl groups excluding tert-OH is 1. The van der Waals surface area contributed by atoms with Crippen molar-refractivity contribution in [3.63, 3.8) is 0 Å². The van der Waals surface area contributed by atoms with Gasteiger partial charge in [0.2, 0.25) is 17.7 Å². The number of aliphatic hydroxyl groups is 1. The third-order valence-corrected chi connectivity index (χ3v) is 11.3. The molecular formula is C33H43N3O5S. The molecule has 2 aromatic rings. The summed E-state index contributed by atoms with van der Waals surface area (Å²) < 4.78 is 4.78. The van der Waals surface area contributed by atoms with Gasteiger partial charge in [0, 0.05) is 17.0 Å². The lowest BCUT2D eigenvalue weighted by atomic mass is 9.65. The van der Waals surface area contributed by atoms with Gasteiger partial charge in [0.25, 0.3) is 0 Å². The van der Waals surface area contributed by atoms with Gasteiger partial charge in [0.1, 0.15) is 11.8 Å². The summed E-state index contributed by atoms with van der Waals surface area (Å²) in [7, 11) is 0. The Morgan fingerprint density at radius 2 is 1.83 bits per heavy atom. The van der Waals surface area contributed by atoms with Crippen molar-refractivity contribution in [1.29, 1.82) is 0 Å². The summed E-state index contributed by atoms with van der Waals surface area (Å²) in [5.74, 6) is -1.05. The van der Waals surface area contributed by atoms with Crippen LogP contribution in [0.1, 0.15) is 52.5 Å². The molecule has 8 nitrogen and oxygen atoms in total. The molecule has 3 heterocycles. The van der Waals surface area contributed by atoms with Crippen molar-refractivity contribution in [1.82, 2.24) is 10.2 Å². The maximum atomic E-state index is 14.5. The number of thioether (sulfide) groups is 1. The quantitative estimate of drug-likeness (QED) is 0.339. The smallest absolute Gasteiger partial charge is 0.244 e. The van der Waals surface area contributed by atoms with Crippen LogP contribution in [0.15, 0.2) is 54.6 Å². The average molecular weight is 594 g/mol. The minimum atomic E-state index is -0.775. The minimum Gasteiger partial charge on any atom is -0.494 e. The van der Waals surface area contributed by atoms with Crippen molar-refractivity contribution >= 4 is 35.2 Å². The van der Waals surface area contributed by atoms with Crippen LogP contribution in [0.5, 0.6) is 5.75 Å². The Morgan fingerprint density at radius 1 is 1.12 bits per heavy atom. The van der Waals surface area contributed by atoms with Crippen molar-refractivity contribution in [2.45, 2.75) is 81.5 Å². The molecule has 3 saturated heterocycles. The summed E-state index contributed by atoms with van der Waals surface area (Å²) in [6.07, 6.45) is 2.93. The van der Waals surface area contributed by atoms with Gasteiger partial charge in [-0.2, -0.15) is 0 Å². The predicted octanol–water partition coefficient (Wildman–Crippen LogP) is 4.27. The monoisotopic (exact) mass is 593 g/mol. The van der Waals surface area contributed by atoms with Gasteiger partial charge >= 0.3 is 0 Å². The van der Waals surface area contributed by atoms with Gasteiger partial charge < -0.3 is 25.4 Å². The van der Waals surface area contributed by atoms with Crippen LogP contribution in [-0.4, -0.2) is 69.1 Å². The van der Waals surface area contributed by atoms with E-state index in [4.69, 9.17) is 4.74 Å². The number of carbonyl (C=O) groups excluding carboxylic acids is 3. The Labute approximate surface area is 253 Å². The number of likely N-dealkylation sites (tertiary alicyclic amines) is 1. The van der Waals surface area contributed by atoms with Crippen LogP contribution in [0.2, 0.25) is 0 Å². The molecule has 1 spiro atoms. The molecule has 42 heavy (non-hydrogen) atoms. The molecule has 3 aliphatic heterocycles. The molecule has 3 amide bonds. The zero-order chi connectivity index (χ0) is 30.0. The zero-order valence-corrected chi connectivity index (χ0v) is 25.7.